The van der Waals surface area contributed by atoms with Crippen LogP contribution in [0.3, 0.4) is 0 Å². The molecule has 0 saturated carbocycles. The van der Waals surface area contributed by atoms with Crippen LogP contribution in [-0.2, 0) is 0 Å². The number of hydrogen-bond donors (Lipinski definition) is 0. The van der Waals surface area contributed by atoms with Crippen molar-refractivity contribution < 1.29 is 0 Å². The molecule has 0 aliphatic rings. The number of rotatable bonds is 9. The molecule has 2 radical (unpaired) electrons. The Morgan fingerprint density at radius 2 is 1.00 bits per heavy atom. The summed E-state index contributed by atoms with van der Waals surface area (Å²) >= 11 is 0. The fourth-order valence-corrected chi connectivity index (χ4v) is 10.1. The van der Waals surface area contributed by atoms with Crippen LogP contribution in [0.2, 0.25) is 5.04 Å². The third-order valence-corrected chi connectivity index (χ3v) is 11.8. The second kappa shape index (κ2) is 12.4. The molecular formula is C39H35PSi. The van der Waals surface area contributed by atoms with Crippen LogP contribution in [0.15, 0.2) is 158 Å². The molecule has 6 aromatic rings. The van der Waals surface area contributed by atoms with E-state index in [1.165, 1.54) is 43.0 Å². The average Bonchev–Trinajstić information content (AvgIpc) is 3.02. The molecule has 2 heteroatoms. The Kier molecular flexibility index (Phi) is 8.28. The van der Waals surface area contributed by atoms with Crippen molar-refractivity contribution in [1.29, 1.82) is 0 Å². The molecule has 0 heterocycles. The maximum absolute atomic E-state index is 2.46. The lowest BCUT2D eigenvalue weighted by Gasteiger charge is -2.31. The number of fused-ring (bicyclic) bond motifs is 1. The Balaban J connectivity index is 1.43. The summed E-state index contributed by atoms with van der Waals surface area (Å²) in [5, 5.41) is 8.61. The largest absolute Gasteiger partial charge is 0.0880 e. The molecule has 0 aliphatic heterocycles. The highest BCUT2D eigenvalue weighted by molar-refractivity contribution is 7.80. The zero-order chi connectivity index (χ0) is 28.1. The van der Waals surface area contributed by atoms with E-state index in [0.717, 1.165) is 6.42 Å². The zero-order valence-electron chi connectivity index (χ0n) is 23.7. The summed E-state index contributed by atoms with van der Waals surface area (Å²) in [5.74, 6) is 0.361. The lowest BCUT2D eigenvalue weighted by molar-refractivity contribution is 0.559. The molecule has 0 unspecified atom stereocenters. The second-order valence-corrected chi connectivity index (χ2v) is 15.6. The highest BCUT2D eigenvalue weighted by atomic mass is 31.1. The van der Waals surface area contributed by atoms with Gasteiger partial charge in [0.1, 0.15) is 0 Å². The molecule has 0 saturated heterocycles. The lowest BCUT2D eigenvalue weighted by Crippen LogP contribution is -2.31. The highest BCUT2D eigenvalue weighted by Crippen LogP contribution is 2.41. The Bertz CT molecular complexity index is 1610. The summed E-state index contributed by atoms with van der Waals surface area (Å²) in [7, 11) is -0.00572. The molecule has 6 rings (SSSR count). The van der Waals surface area contributed by atoms with Crippen LogP contribution in [-0.4, -0.2) is 9.52 Å². The van der Waals surface area contributed by atoms with E-state index in [-0.39, 0.29) is 5.04 Å². The molecule has 0 fully saturated rings. The maximum Gasteiger partial charge on any atom is 0.0880 e. The first-order valence-electron chi connectivity index (χ1n) is 14.4. The van der Waals surface area contributed by atoms with Gasteiger partial charge in [0.2, 0.25) is 0 Å². The predicted octanol–water partition coefficient (Wildman–Crippen LogP) is 8.35. The third-order valence-electron chi connectivity index (χ3n) is 7.74. The van der Waals surface area contributed by atoms with Gasteiger partial charge in [0.25, 0.3) is 0 Å². The SMILES string of the molecule is CC(C)(CC(c1ccccc1)c1ccccc1)[Si]c1cccc2cccc(P(c3ccccc3)c3ccccc3)c12. The average molecular weight is 563 g/mol. The van der Waals surface area contributed by atoms with Crippen molar-refractivity contribution in [2.75, 3.05) is 0 Å². The van der Waals surface area contributed by atoms with Gasteiger partial charge < -0.3 is 0 Å². The molecule has 6 aromatic carbocycles. The van der Waals surface area contributed by atoms with Crippen LogP contribution in [0.1, 0.15) is 37.3 Å². The van der Waals surface area contributed by atoms with Gasteiger partial charge in [-0.15, -0.1) is 0 Å². The first kappa shape index (κ1) is 27.4. The molecule has 0 N–H and O–H groups in total. The van der Waals surface area contributed by atoms with E-state index in [2.05, 4.69) is 172 Å². The van der Waals surface area contributed by atoms with E-state index in [9.17, 15) is 0 Å². The predicted molar refractivity (Wildman–Crippen MR) is 181 cm³/mol. The highest BCUT2D eigenvalue weighted by Gasteiger charge is 2.29. The van der Waals surface area contributed by atoms with E-state index in [1.54, 1.807) is 0 Å². The molecular weight excluding hydrogens is 527 g/mol. The van der Waals surface area contributed by atoms with Gasteiger partial charge in [-0.1, -0.05) is 177 Å². The van der Waals surface area contributed by atoms with Gasteiger partial charge >= 0.3 is 0 Å². The smallest absolute Gasteiger partial charge is 0.0629 e. The zero-order valence-corrected chi connectivity index (χ0v) is 25.6. The fourth-order valence-electron chi connectivity index (χ4n) is 5.92. The molecule has 0 atom stereocenters. The molecule has 0 aromatic heterocycles. The Morgan fingerprint density at radius 1 is 0.537 bits per heavy atom. The molecule has 200 valence electrons. The van der Waals surface area contributed by atoms with Gasteiger partial charge in [-0.2, -0.15) is 0 Å². The molecule has 0 spiro atoms. The normalized spacial score (nSPS) is 11.8. The second-order valence-electron chi connectivity index (χ2n) is 11.3. The maximum atomic E-state index is 2.46. The minimum absolute atomic E-state index is 0.111. The van der Waals surface area contributed by atoms with Crippen LogP contribution >= 0.6 is 7.92 Å². The quantitative estimate of drug-likeness (QED) is 0.123. The van der Waals surface area contributed by atoms with Gasteiger partial charge in [-0.05, 0) is 57.2 Å². The van der Waals surface area contributed by atoms with E-state index in [4.69, 9.17) is 0 Å². The van der Waals surface area contributed by atoms with Crippen molar-refractivity contribution in [2.45, 2.75) is 31.2 Å². The van der Waals surface area contributed by atoms with E-state index in [1.807, 2.05) is 0 Å². The molecule has 0 bridgehead atoms. The monoisotopic (exact) mass is 562 g/mol. The summed E-state index contributed by atoms with van der Waals surface area (Å²) in [6.07, 6.45) is 1.09. The molecule has 0 nitrogen and oxygen atoms in total. The molecule has 0 aliphatic carbocycles. The minimum Gasteiger partial charge on any atom is -0.0629 e. The van der Waals surface area contributed by atoms with Crippen LogP contribution in [0.5, 0.6) is 0 Å². The standard InChI is InChI=1S/C39H35PSi/c1-39(2,29-35(30-17-7-3-8-18-30)31-19-9-4-10-20-31)41-37-28-16-22-32-21-15-27-36(38(32)37)40(33-23-11-5-12-24-33)34-25-13-6-14-26-34/h3-28,35H,29H2,1-2H3. The van der Waals surface area contributed by atoms with Crippen molar-refractivity contribution in [2.24, 2.45) is 0 Å². The molecule has 0 amide bonds. The van der Waals surface area contributed by atoms with Crippen LogP contribution < -0.4 is 21.1 Å². The Morgan fingerprint density at radius 3 is 1.51 bits per heavy atom. The fraction of sp³-hybridized carbons (Fsp3) is 0.128. The van der Waals surface area contributed by atoms with E-state index >= 15 is 0 Å². The number of benzene rings is 6. The topological polar surface area (TPSA) is 0 Å². The van der Waals surface area contributed by atoms with Gasteiger partial charge in [0.15, 0.2) is 0 Å². The van der Waals surface area contributed by atoms with Crippen molar-refractivity contribution >= 4 is 49.3 Å². The van der Waals surface area contributed by atoms with Crippen molar-refractivity contribution in [1.82, 2.24) is 0 Å². The van der Waals surface area contributed by atoms with Gasteiger partial charge in [0, 0.05) is 5.92 Å². The summed E-state index contributed by atoms with van der Waals surface area (Å²) in [6, 6.07) is 58.1. The first-order valence-corrected chi connectivity index (χ1v) is 16.7. The Labute approximate surface area is 248 Å². The van der Waals surface area contributed by atoms with E-state index < -0.39 is 7.92 Å². The van der Waals surface area contributed by atoms with Crippen LogP contribution in [0, 0.1) is 0 Å². The van der Waals surface area contributed by atoms with Crippen molar-refractivity contribution in [3.63, 3.8) is 0 Å². The first-order chi connectivity index (χ1) is 20.1. The summed E-state index contributed by atoms with van der Waals surface area (Å²) in [5.41, 5.74) is 2.79. The minimum atomic E-state index is -0.688. The van der Waals surface area contributed by atoms with E-state index in [0.29, 0.717) is 15.4 Å². The van der Waals surface area contributed by atoms with Crippen molar-refractivity contribution in [3.05, 3.63) is 169 Å². The van der Waals surface area contributed by atoms with Crippen LogP contribution in [0.25, 0.3) is 10.8 Å². The summed E-state index contributed by atoms with van der Waals surface area (Å²) < 4.78 is 0. The third kappa shape index (κ3) is 6.28. The van der Waals surface area contributed by atoms with Crippen molar-refractivity contribution in [3.8, 4) is 0 Å². The number of hydrogen-bond acceptors (Lipinski definition) is 0. The van der Waals surface area contributed by atoms with Gasteiger partial charge in [-0.25, -0.2) is 0 Å². The van der Waals surface area contributed by atoms with Crippen LogP contribution in [0.4, 0.5) is 0 Å². The Hall–Kier alpha value is -3.77. The van der Waals surface area contributed by atoms with Gasteiger partial charge in [-0.3, -0.25) is 0 Å². The lowest BCUT2D eigenvalue weighted by atomic mass is 9.84. The van der Waals surface area contributed by atoms with Gasteiger partial charge in [0.05, 0.1) is 9.52 Å². The molecule has 41 heavy (non-hydrogen) atoms. The summed E-state index contributed by atoms with van der Waals surface area (Å²) in [4.78, 5) is 0. The summed E-state index contributed by atoms with van der Waals surface area (Å²) in [6.45, 7) is 4.92.